The van der Waals surface area contributed by atoms with Gasteiger partial charge in [-0.05, 0) is 23.5 Å². The number of aliphatic hydroxyl groups is 1. The van der Waals surface area contributed by atoms with Gasteiger partial charge >= 0.3 is 0 Å². The molecular formula is C16H25NO4. The van der Waals surface area contributed by atoms with Crippen molar-refractivity contribution in [1.29, 1.82) is 0 Å². The van der Waals surface area contributed by atoms with Gasteiger partial charge in [0.2, 0.25) is 5.91 Å². The number of hydroxylamine groups is 1. The number of carbonyl (C=O) groups is 1. The quantitative estimate of drug-likeness (QED) is 0.722. The van der Waals surface area contributed by atoms with Gasteiger partial charge in [0.25, 0.3) is 0 Å². The van der Waals surface area contributed by atoms with Crippen LogP contribution in [0.25, 0.3) is 0 Å². The predicted octanol–water partition coefficient (Wildman–Crippen LogP) is 2.25. The van der Waals surface area contributed by atoms with Crippen LogP contribution in [0.2, 0.25) is 0 Å². The van der Waals surface area contributed by atoms with E-state index in [2.05, 4.69) is 5.48 Å². The van der Waals surface area contributed by atoms with Gasteiger partial charge in [-0.3, -0.25) is 9.63 Å². The summed E-state index contributed by atoms with van der Waals surface area (Å²) < 4.78 is 5.30. The molecule has 2 N–H and O–H groups in total. The third kappa shape index (κ3) is 5.36. The summed E-state index contributed by atoms with van der Waals surface area (Å²) >= 11 is 0. The molecule has 0 radical (unpaired) electrons. The van der Waals surface area contributed by atoms with E-state index in [0.717, 1.165) is 11.3 Å². The van der Waals surface area contributed by atoms with Crippen molar-refractivity contribution in [1.82, 2.24) is 5.48 Å². The first kappa shape index (κ1) is 17.5. The number of hydrogen-bond acceptors (Lipinski definition) is 4. The average molecular weight is 295 g/mol. The summed E-state index contributed by atoms with van der Waals surface area (Å²) in [6.07, 6.45) is -0.105. The Morgan fingerprint density at radius 2 is 1.95 bits per heavy atom. The molecule has 1 rings (SSSR count). The zero-order valence-electron chi connectivity index (χ0n) is 13.1. The molecule has 21 heavy (non-hydrogen) atoms. The van der Waals surface area contributed by atoms with Gasteiger partial charge in [0.15, 0.2) is 0 Å². The smallest absolute Gasteiger partial charge is 0.244 e. The van der Waals surface area contributed by atoms with Crippen molar-refractivity contribution in [2.45, 2.75) is 39.2 Å². The highest BCUT2D eigenvalue weighted by molar-refractivity contribution is 5.75. The fourth-order valence-corrected chi connectivity index (χ4v) is 2.03. The topological polar surface area (TPSA) is 67.8 Å². The van der Waals surface area contributed by atoms with Crippen LogP contribution >= 0.6 is 0 Å². The highest BCUT2D eigenvalue weighted by Gasteiger charge is 2.18. The molecule has 0 spiro atoms. The molecule has 0 aliphatic rings. The average Bonchev–Trinajstić information content (AvgIpc) is 2.47. The summed E-state index contributed by atoms with van der Waals surface area (Å²) in [6.45, 7) is 5.68. The number of ether oxygens (including phenoxy) is 1. The Hall–Kier alpha value is -1.59. The molecule has 0 fully saturated rings. The largest absolute Gasteiger partial charge is 0.496 e. The van der Waals surface area contributed by atoms with E-state index in [1.807, 2.05) is 45.0 Å². The van der Waals surface area contributed by atoms with Gasteiger partial charge in [-0.2, -0.15) is 0 Å². The first-order valence-electron chi connectivity index (χ1n) is 7.17. The summed E-state index contributed by atoms with van der Waals surface area (Å²) in [4.78, 5) is 17.1. The Labute approximate surface area is 126 Å². The van der Waals surface area contributed by atoms with Crippen LogP contribution in [0, 0.1) is 5.92 Å². The number of para-hydroxylation sites is 1. The van der Waals surface area contributed by atoms with Crippen molar-refractivity contribution in [3.8, 4) is 5.75 Å². The van der Waals surface area contributed by atoms with Crippen molar-refractivity contribution in [2.24, 2.45) is 5.92 Å². The normalized spacial score (nSPS) is 13.8. The number of hydrogen-bond donors (Lipinski definition) is 2. The molecule has 0 unspecified atom stereocenters. The second-order valence-corrected chi connectivity index (χ2v) is 5.46. The highest BCUT2D eigenvalue weighted by Crippen LogP contribution is 2.28. The molecule has 0 aliphatic carbocycles. The van der Waals surface area contributed by atoms with Gasteiger partial charge in [-0.25, -0.2) is 5.48 Å². The number of nitrogens with one attached hydrogen (secondary N) is 1. The van der Waals surface area contributed by atoms with E-state index in [0.29, 0.717) is 0 Å². The van der Waals surface area contributed by atoms with E-state index >= 15 is 0 Å². The van der Waals surface area contributed by atoms with Gasteiger partial charge in [-0.1, -0.05) is 39.0 Å². The first-order valence-corrected chi connectivity index (χ1v) is 7.17. The van der Waals surface area contributed by atoms with E-state index in [-0.39, 0.29) is 30.8 Å². The maximum Gasteiger partial charge on any atom is 0.244 e. The van der Waals surface area contributed by atoms with Crippen LogP contribution in [0.4, 0.5) is 0 Å². The standard InChI is InChI=1S/C16H25NO4/c1-11(2)15(10-18)21-17-16(19)9-12(3)13-7-5-6-8-14(13)20-4/h5-8,11-12,15,18H,9-10H2,1-4H3,(H,17,19)/t12-,15+/m0/s1. The van der Waals surface area contributed by atoms with E-state index in [1.54, 1.807) is 7.11 Å². The molecule has 2 atom stereocenters. The fourth-order valence-electron chi connectivity index (χ4n) is 2.03. The highest BCUT2D eigenvalue weighted by atomic mass is 16.7. The Morgan fingerprint density at radius 1 is 1.29 bits per heavy atom. The molecule has 5 heteroatoms. The molecule has 1 aromatic rings. The number of aliphatic hydroxyl groups excluding tert-OH is 1. The van der Waals surface area contributed by atoms with Crippen molar-refractivity contribution >= 4 is 5.91 Å². The molecular weight excluding hydrogens is 270 g/mol. The number of methoxy groups -OCH3 is 1. The lowest BCUT2D eigenvalue weighted by Crippen LogP contribution is -2.35. The number of amides is 1. The summed E-state index contributed by atoms with van der Waals surface area (Å²) in [5.74, 6) is 0.694. The summed E-state index contributed by atoms with van der Waals surface area (Å²) in [6, 6.07) is 7.64. The Balaban J connectivity index is 2.54. The summed E-state index contributed by atoms with van der Waals surface area (Å²) in [5, 5.41) is 9.14. The van der Waals surface area contributed by atoms with Crippen molar-refractivity contribution in [3.05, 3.63) is 29.8 Å². The maximum atomic E-state index is 11.9. The molecule has 0 aliphatic heterocycles. The second-order valence-electron chi connectivity index (χ2n) is 5.46. The van der Waals surface area contributed by atoms with Crippen molar-refractivity contribution in [2.75, 3.05) is 13.7 Å². The van der Waals surface area contributed by atoms with Gasteiger partial charge in [0.05, 0.1) is 13.7 Å². The predicted molar refractivity (Wildman–Crippen MR) is 81.0 cm³/mol. The Morgan fingerprint density at radius 3 is 2.52 bits per heavy atom. The minimum atomic E-state index is -0.393. The third-order valence-electron chi connectivity index (χ3n) is 3.41. The molecule has 0 aromatic heterocycles. The van der Waals surface area contributed by atoms with Gasteiger partial charge in [0.1, 0.15) is 11.9 Å². The van der Waals surface area contributed by atoms with Crippen LogP contribution in [0.3, 0.4) is 0 Å². The Kier molecular flexibility index (Phi) is 7.19. The lowest BCUT2D eigenvalue weighted by Gasteiger charge is -2.20. The summed E-state index contributed by atoms with van der Waals surface area (Å²) in [5.41, 5.74) is 3.40. The molecule has 0 saturated heterocycles. The molecule has 0 bridgehead atoms. The van der Waals surface area contributed by atoms with Crippen LogP contribution in [0.1, 0.15) is 38.7 Å². The number of rotatable bonds is 8. The number of benzene rings is 1. The molecule has 5 nitrogen and oxygen atoms in total. The lowest BCUT2D eigenvalue weighted by molar-refractivity contribution is -0.144. The fraction of sp³-hybridized carbons (Fsp3) is 0.562. The van der Waals surface area contributed by atoms with Gasteiger partial charge < -0.3 is 9.84 Å². The van der Waals surface area contributed by atoms with Gasteiger partial charge in [0, 0.05) is 6.42 Å². The summed E-state index contributed by atoms with van der Waals surface area (Å²) in [7, 11) is 1.61. The van der Waals surface area contributed by atoms with E-state index in [9.17, 15) is 4.79 Å². The second kappa shape index (κ2) is 8.64. The molecule has 1 aromatic carbocycles. The van der Waals surface area contributed by atoms with E-state index < -0.39 is 6.10 Å². The first-order chi connectivity index (χ1) is 9.99. The van der Waals surface area contributed by atoms with Crippen molar-refractivity contribution < 1.29 is 19.5 Å². The number of carbonyl (C=O) groups excluding carboxylic acids is 1. The third-order valence-corrected chi connectivity index (χ3v) is 3.41. The van der Waals surface area contributed by atoms with Crippen LogP contribution in [0.5, 0.6) is 5.75 Å². The zero-order valence-corrected chi connectivity index (χ0v) is 13.1. The van der Waals surface area contributed by atoms with Crippen molar-refractivity contribution in [3.63, 3.8) is 0 Å². The minimum absolute atomic E-state index is 0.0105. The lowest BCUT2D eigenvalue weighted by atomic mass is 9.96. The maximum absolute atomic E-state index is 11.9. The molecule has 0 saturated carbocycles. The molecule has 1 amide bonds. The molecule has 118 valence electrons. The van der Waals surface area contributed by atoms with Gasteiger partial charge in [-0.15, -0.1) is 0 Å². The monoisotopic (exact) mass is 295 g/mol. The Bertz CT molecular complexity index is 448. The molecule has 0 heterocycles. The van der Waals surface area contributed by atoms with E-state index in [1.165, 1.54) is 0 Å². The van der Waals surface area contributed by atoms with Crippen LogP contribution in [-0.4, -0.2) is 30.8 Å². The van der Waals surface area contributed by atoms with E-state index in [4.69, 9.17) is 14.7 Å². The minimum Gasteiger partial charge on any atom is -0.496 e. The zero-order chi connectivity index (χ0) is 15.8. The van der Waals surface area contributed by atoms with Crippen LogP contribution in [0.15, 0.2) is 24.3 Å². The SMILES string of the molecule is COc1ccccc1[C@@H](C)CC(=O)NO[C@H](CO)C(C)C. The van der Waals surface area contributed by atoms with Crippen LogP contribution < -0.4 is 10.2 Å². The van der Waals surface area contributed by atoms with Crippen LogP contribution in [-0.2, 0) is 9.63 Å².